The predicted octanol–water partition coefficient (Wildman–Crippen LogP) is 1.92. The largest absolute Gasteiger partial charge is 0.480 e. The van der Waals surface area contributed by atoms with E-state index in [0.29, 0.717) is 11.4 Å². The van der Waals surface area contributed by atoms with Gasteiger partial charge >= 0.3 is 5.97 Å². The molecule has 0 fully saturated rings. The van der Waals surface area contributed by atoms with Crippen molar-refractivity contribution in [1.82, 2.24) is 5.32 Å². The van der Waals surface area contributed by atoms with E-state index in [1.165, 1.54) is 6.26 Å². The van der Waals surface area contributed by atoms with Gasteiger partial charge in [-0.3, -0.25) is 14.9 Å². The maximum Gasteiger partial charge on any atom is 0.321 e. The number of carboxylic acid groups (broad SMARTS) is 1. The number of aliphatic carboxylic acids is 1. The van der Waals surface area contributed by atoms with E-state index < -0.39 is 12.0 Å². The van der Waals surface area contributed by atoms with E-state index in [2.05, 4.69) is 10.6 Å². The molecule has 7 nitrogen and oxygen atoms in total. The van der Waals surface area contributed by atoms with Gasteiger partial charge in [-0.1, -0.05) is 0 Å². The Bertz CT molecular complexity index is 666. The van der Waals surface area contributed by atoms with E-state index in [0.717, 1.165) is 5.69 Å². The molecule has 3 N–H and O–H groups in total. The Balaban J connectivity index is 1.88. The molecule has 0 aliphatic rings. The Morgan fingerprint density at radius 3 is 2.46 bits per heavy atom. The third-order valence-corrected chi connectivity index (χ3v) is 3.46. The molecule has 1 heterocycles. The van der Waals surface area contributed by atoms with E-state index in [9.17, 15) is 14.7 Å². The summed E-state index contributed by atoms with van der Waals surface area (Å²) in [5.41, 5.74) is 1.64. The van der Waals surface area contributed by atoms with Crippen LogP contribution in [0.25, 0.3) is 0 Å². The Morgan fingerprint density at radius 2 is 1.92 bits per heavy atom. The van der Waals surface area contributed by atoms with E-state index in [1.807, 2.05) is 31.1 Å². The lowest BCUT2D eigenvalue weighted by atomic mass is 10.2. The van der Waals surface area contributed by atoms with Gasteiger partial charge in [-0.15, -0.1) is 0 Å². The van der Waals surface area contributed by atoms with Gasteiger partial charge in [0.1, 0.15) is 11.8 Å². The summed E-state index contributed by atoms with van der Waals surface area (Å²) < 4.78 is 5.13. The van der Waals surface area contributed by atoms with E-state index in [4.69, 9.17) is 4.42 Å². The highest BCUT2D eigenvalue weighted by atomic mass is 16.4. The van der Waals surface area contributed by atoms with Gasteiger partial charge in [0.25, 0.3) is 0 Å². The minimum absolute atomic E-state index is 0.175. The number of carbonyl (C=O) groups is 2. The van der Waals surface area contributed by atoms with Crippen LogP contribution < -0.4 is 15.5 Å². The Labute approximate surface area is 140 Å². The summed E-state index contributed by atoms with van der Waals surface area (Å²) in [5, 5.41) is 14.7. The fourth-order valence-electron chi connectivity index (χ4n) is 2.12. The number of amides is 1. The van der Waals surface area contributed by atoms with Crippen molar-refractivity contribution < 1.29 is 19.1 Å². The number of hydrogen-bond donors (Lipinski definition) is 3. The predicted molar refractivity (Wildman–Crippen MR) is 91.0 cm³/mol. The molecule has 7 heteroatoms. The van der Waals surface area contributed by atoms with E-state index in [1.54, 1.807) is 24.3 Å². The van der Waals surface area contributed by atoms with Crippen LogP contribution in [0.2, 0.25) is 0 Å². The van der Waals surface area contributed by atoms with Crippen LogP contribution in [0.5, 0.6) is 0 Å². The Kier molecular flexibility index (Phi) is 5.97. The highest BCUT2D eigenvalue weighted by Gasteiger charge is 2.21. The van der Waals surface area contributed by atoms with Crippen LogP contribution in [-0.2, 0) is 16.1 Å². The lowest BCUT2D eigenvalue weighted by Crippen LogP contribution is -2.39. The molecular weight excluding hydrogens is 310 g/mol. The van der Waals surface area contributed by atoms with Crippen LogP contribution in [0.1, 0.15) is 12.2 Å². The number of anilines is 2. The summed E-state index contributed by atoms with van der Waals surface area (Å²) in [4.78, 5) is 25.3. The molecule has 0 saturated carbocycles. The second kappa shape index (κ2) is 8.16. The smallest absolute Gasteiger partial charge is 0.321 e. The van der Waals surface area contributed by atoms with Crippen molar-refractivity contribution in [2.24, 2.45) is 0 Å². The van der Waals surface area contributed by atoms with Crippen LogP contribution in [0.15, 0.2) is 47.1 Å². The monoisotopic (exact) mass is 331 g/mol. The quantitative estimate of drug-likeness (QED) is 0.684. The maximum absolute atomic E-state index is 12.1. The zero-order valence-corrected chi connectivity index (χ0v) is 13.7. The lowest BCUT2D eigenvalue weighted by Gasteiger charge is -2.15. The minimum Gasteiger partial charge on any atom is -0.480 e. The minimum atomic E-state index is -1.08. The van der Waals surface area contributed by atoms with Gasteiger partial charge in [0.05, 0.1) is 19.2 Å². The standard InChI is InChI=1S/C17H21N3O4/c1-20(2)13-7-5-12(6-8-13)19-16(21)10-15(17(22)23)18-11-14-4-3-9-24-14/h3-9,15,18H,10-11H2,1-2H3,(H,19,21)(H,22,23)/t15-/m0/s1. The topological polar surface area (TPSA) is 94.8 Å². The van der Waals surface area contributed by atoms with Crippen LogP contribution in [0, 0.1) is 0 Å². The number of hydrogen-bond acceptors (Lipinski definition) is 5. The summed E-state index contributed by atoms with van der Waals surface area (Å²) in [6.07, 6.45) is 1.34. The van der Waals surface area contributed by atoms with Crippen molar-refractivity contribution in [3.05, 3.63) is 48.4 Å². The second-order valence-electron chi connectivity index (χ2n) is 5.54. The van der Waals surface area contributed by atoms with Crippen LogP contribution in [0.4, 0.5) is 11.4 Å². The molecule has 2 aromatic rings. The van der Waals surface area contributed by atoms with Crippen LogP contribution in [0.3, 0.4) is 0 Å². The van der Waals surface area contributed by atoms with Gasteiger partial charge < -0.3 is 19.7 Å². The average Bonchev–Trinajstić information content (AvgIpc) is 3.05. The summed E-state index contributed by atoms with van der Waals surface area (Å²) >= 11 is 0. The fourth-order valence-corrected chi connectivity index (χ4v) is 2.12. The Hall–Kier alpha value is -2.80. The first-order chi connectivity index (χ1) is 11.5. The number of furan rings is 1. The average molecular weight is 331 g/mol. The van der Waals surface area contributed by atoms with E-state index >= 15 is 0 Å². The molecule has 0 radical (unpaired) electrons. The number of carboxylic acids is 1. The molecule has 0 bridgehead atoms. The Morgan fingerprint density at radius 1 is 1.21 bits per heavy atom. The fraction of sp³-hybridized carbons (Fsp3) is 0.294. The number of benzene rings is 1. The lowest BCUT2D eigenvalue weighted by molar-refractivity contribution is -0.141. The molecule has 2 rings (SSSR count). The summed E-state index contributed by atoms with van der Waals surface area (Å²) in [6.45, 7) is 0.245. The molecule has 1 aromatic carbocycles. The molecule has 0 unspecified atom stereocenters. The molecule has 0 saturated heterocycles. The number of nitrogens with zero attached hydrogens (tertiary/aromatic N) is 1. The molecular formula is C17H21N3O4. The molecule has 1 amide bonds. The summed E-state index contributed by atoms with van der Waals surface area (Å²) in [6, 6.07) is 9.77. The first-order valence-electron chi connectivity index (χ1n) is 7.51. The second-order valence-corrected chi connectivity index (χ2v) is 5.54. The number of carbonyl (C=O) groups excluding carboxylic acids is 1. The molecule has 1 atom stereocenters. The maximum atomic E-state index is 12.1. The normalized spacial score (nSPS) is 11.8. The molecule has 0 spiro atoms. The highest BCUT2D eigenvalue weighted by Crippen LogP contribution is 2.16. The molecule has 24 heavy (non-hydrogen) atoms. The van der Waals surface area contributed by atoms with Crippen molar-refractivity contribution >= 4 is 23.3 Å². The SMILES string of the molecule is CN(C)c1ccc(NC(=O)C[C@H](NCc2ccco2)C(=O)O)cc1. The first kappa shape index (κ1) is 17.6. The van der Waals surface area contributed by atoms with Crippen LogP contribution in [-0.4, -0.2) is 37.1 Å². The van der Waals surface area contributed by atoms with Crippen molar-refractivity contribution in [2.45, 2.75) is 19.0 Å². The van der Waals surface area contributed by atoms with Crippen molar-refractivity contribution in [1.29, 1.82) is 0 Å². The molecule has 0 aliphatic heterocycles. The number of nitrogens with one attached hydrogen (secondary N) is 2. The van der Waals surface area contributed by atoms with Gasteiger partial charge in [-0.25, -0.2) is 0 Å². The third-order valence-electron chi connectivity index (χ3n) is 3.46. The van der Waals surface area contributed by atoms with Gasteiger partial charge in [0.15, 0.2) is 0 Å². The van der Waals surface area contributed by atoms with Crippen LogP contribution >= 0.6 is 0 Å². The van der Waals surface area contributed by atoms with Gasteiger partial charge in [0, 0.05) is 25.5 Å². The number of rotatable bonds is 8. The summed E-state index contributed by atoms with van der Waals surface area (Å²) in [5.74, 6) is -0.840. The summed E-state index contributed by atoms with van der Waals surface area (Å²) in [7, 11) is 3.85. The zero-order valence-electron chi connectivity index (χ0n) is 13.7. The van der Waals surface area contributed by atoms with Crippen molar-refractivity contribution in [3.8, 4) is 0 Å². The zero-order chi connectivity index (χ0) is 17.5. The van der Waals surface area contributed by atoms with Gasteiger partial charge in [-0.2, -0.15) is 0 Å². The molecule has 128 valence electrons. The van der Waals surface area contributed by atoms with Gasteiger partial charge in [0.2, 0.25) is 5.91 Å². The third kappa shape index (κ3) is 5.13. The van der Waals surface area contributed by atoms with Crippen molar-refractivity contribution in [2.75, 3.05) is 24.3 Å². The highest BCUT2D eigenvalue weighted by molar-refractivity contribution is 5.94. The molecule has 1 aromatic heterocycles. The first-order valence-corrected chi connectivity index (χ1v) is 7.51. The van der Waals surface area contributed by atoms with Gasteiger partial charge in [-0.05, 0) is 36.4 Å². The van der Waals surface area contributed by atoms with Crippen molar-refractivity contribution in [3.63, 3.8) is 0 Å². The van der Waals surface area contributed by atoms with E-state index in [-0.39, 0.29) is 18.9 Å². The molecule has 0 aliphatic carbocycles.